The van der Waals surface area contributed by atoms with Gasteiger partial charge in [-0.15, -0.1) is 0 Å². The third kappa shape index (κ3) is 7.12. The number of sulfonamides is 1. The Morgan fingerprint density at radius 3 is 2.42 bits per heavy atom. The molecule has 0 aromatic heterocycles. The highest BCUT2D eigenvalue weighted by molar-refractivity contribution is 7.89. The predicted octanol–water partition coefficient (Wildman–Crippen LogP) is 1.94. The molecule has 2 unspecified atom stereocenters. The second-order valence-corrected chi connectivity index (χ2v) is 6.84. The van der Waals surface area contributed by atoms with Crippen molar-refractivity contribution in [2.24, 2.45) is 0 Å². The van der Waals surface area contributed by atoms with Crippen molar-refractivity contribution < 1.29 is 26.7 Å². The van der Waals surface area contributed by atoms with E-state index in [9.17, 15) is 26.7 Å². The van der Waals surface area contributed by atoms with Crippen molar-refractivity contribution in [3.05, 3.63) is 0 Å². The molecule has 1 aliphatic rings. The van der Waals surface area contributed by atoms with Crippen molar-refractivity contribution in [1.82, 2.24) is 4.72 Å². The van der Waals surface area contributed by atoms with E-state index < -0.39 is 46.9 Å². The van der Waals surface area contributed by atoms with E-state index in [-0.39, 0.29) is 0 Å². The first kappa shape index (κ1) is 16.7. The molecular weight excluding hydrogens is 283 g/mol. The lowest BCUT2D eigenvalue weighted by molar-refractivity contribution is -0.134. The molecule has 0 radical (unpaired) electrons. The minimum absolute atomic E-state index is 0.457. The molecule has 0 aromatic rings. The van der Waals surface area contributed by atoms with Gasteiger partial charge in [-0.25, -0.2) is 13.1 Å². The first-order valence-electron chi connectivity index (χ1n) is 6.44. The lowest BCUT2D eigenvalue weighted by atomic mass is 10.1. The minimum atomic E-state index is -4.34. The van der Waals surface area contributed by atoms with Crippen LogP contribution in [0.15, 0.2) is 0 Å². The average molecular weight is 303 g/mol. The van der Waals surface area contributed by atoms with E-state index in [1.54, 1.807) is 0 Å². The highest BCUT2D eigenvalue weighted by atomic mass is 32.2. The van der Waals surface area contributed by atoms with Gasteiger partial charge in [-0.3, -0.25) is 0 Å². The van der Waals surface area contributed by atoms with Crippen molar-refractivity contribution in [2.45, 2.75) is 63.3 Å². The summed E-state index contributed by atoms with van der Waals surface area (Å²) in [6.45, 7) is 0. The van der Waals surface area contributed by atoms with Crippen molar-refractivity contribution in [2.75, 3.05) is 5.75 Å². The van der Waals surface area contributed by atoms with Crippen LogP contribution in [-0.2, 0) is 10.0 Å². The Bertz CT molecular complexity index is 370. The number of halogens is 3. The van der Waals surface area contributed by atoms with E-state index in [2.05, 4.69) is 4.72 Å². The summed E-state index contributed by atoms with van der Waals surface area (Å²) in [5.41, 5.74) is 0. The van der Waals surface area contributed by atoms with Crippen LogP contribution in [0.1, 0.15) is 44.9 Å². The monoisotopic (exact) mass is 303 g/mol. The fourth-order valence-corrected chi connectivity index (χ4v) is 3.56. The van der Waals surface area contributed by atoms with E-state index in [4.69, 9.17) is 0 Å². The van der Waals surface area contributed by atoms with Gasteiger partial charge in [-0.2, -0.15) is 13.2 Å². The van der Waals surface area contributed by atoms with Gasteiger partial charge in [0.15, 0.2) is 0 Å². The topological polar surface area (TPSA) is 66.4 Å². The molecular formula is C11H20F3NO3S. The quantitative estimate of drug-likeness (QED) is 0.763. The number of nitrogens with one attached hydrogen (secondary N) is 1. The summed E-state index contributed by atoms with van der Waals surface area (Å²) >= 11 is 0. The highest BCUT2D eigenvalue weighted by Gasteiger charge is 2.29. The van der Waals surface area contributed by atoms with E-state index in [0.29, 0.717) is 12.8 Å². The van der Waals surface area contributed by atoms with E-state index in [0.717, 1.165) is 19.3 Å². The summed E-state index contributed by atoms with van der Waals surface area (Å²) in [5, 5.41) is 9.76. The maximum atomic E-state index is 11.9. The van der Waals surface area contributed by atoms with Crippen LogP contribution in [0.2, 0.25) is 0 Å². The second-order valence-electron chi connectivity index (χ2n) is 4.97. The molecule has 114 valence electrons. The first-order chi connectivity index (χ1) is 8.70. The Hall–Kier alpha value is -0.340. The summed E-state index contributed by atoms with van der Waals surface area (Å²) in [6.07, 6.45) is -3.01. The van der Waals surface area contributed by atoms with Gasteiger partial charge in [0.2, 0.25) is 10.0 Å². The Balaban J connectivity index is 2.44. The number of hydrogen-bond donors (Lipinski definition) is 2. The molecule has 0 saturated heterocycles. The fourth-order valence-electron chi connectivity index (χ4n) is 2.18. The molecule has 1 fully saturated rings. The van der Waals surface area contributed by atoms with E-state index in [1.165, 1.54) is 0 Å². The summed E-state index contributed by atoms with van der Waals surface area (Å²) in [6, 6.07) is -0.571. The number of aliphatic hydroxyl groups is 1. The molecule has 2 N–H and O–H groups in total. The van der Waals surface area contributed by atoms with Crippen LogP contribution in [0.25, 0.3) is 0 Å². The van der Waals surface area contributed by atoms with Crippen LogP contribution in [-0.4, -0.2) is 37.6 Å². The molecule has 0 amide bonds. The highest BCUT2D eigenvalue weighted by Crippen LogP contribution is 2.22. The van der Waals surface area contributed by atoms with Crippen molar-refractivity contribution in [3.8, 4) is 0 Å². The number of aliphatic hydroxyl groups excluding tert-OH is 1. The summed E-state index contributed by atoms with van der Waals surface area (Å²) < 4.78 is 61.5. The maximum Gasteiger partial charge on any atom is 0.389 e. The van der Waals surface area contributed by atoms with Gasteiger partial charge < -0.3 is 5.11 Å². The van der Waals surface area contributed by atoms with Crippen molar-refractivity contribution in [3.63, 3.8) is 0 Å². The Kier molecular flexibility index (Phi) is 6.07. The van der Waals surface area contributed by atoms with Gasteiger partial charge in [0.25, 0.3) is 0 Å². The van der Waals surface area contributed by atoms with Crippen LogP contribution in [0.5, 0.6) is 0 Å². The lowest BCUT2D eigenvalue weighted by Crippen LogP contribution is -2.43. The molecule has 0 spiro atoms. The number of hydrogen-bond acceptors (Lipinski definition) is 3. The zero-order valence-corrected chi connectivity index (χ0v) is 11.4. The van der Waals surface area contributed by atoms with Crippen LogP contribution >= 0.6 is 0 Å². The van der Waals surface area contributed by atoms with Crippen LogP contribution in [0.4, 0.5) is 13.2 Å². The molecule has 1 rings (SSSR count). The number of rotatable bonds is 5. The fraction of sp³-hybridized carbons (Fsp3) is 1.00. The van der Waals surface area contributed by atoms with Crippen LogP contribution in [0, 0.1) is 0 Å². The van der Waals surface area contributed by atoms with Gasteiger partial charge in [-0.05, 0) is 19.3 Å². The van der Waals surface area contributed by atoms with Crippen LogP contribution < -0.4 is 4.72 Å². The van der Waals surface area contributed by atoms with Gasteiger partial charge >= 0.3 is 6.18 Å². The first-order valence-corrected chi connectivity index (χ1v) is 8.10. The summed E-state index contributed by atoms with van der Waals surface area (Å²) in [7, 11) is -3.76. The molecule has 0 aromatic carbocycles. The smallest absolute Gasteiger partial charge is 0.389 e. The van der Waals surface area contributed by atoms with Gasteiger partial charge in [0.05, 0.1) is 11.9 Å². The molecule has 8 heteroatoms. The third-order valence-corrected chi connectivity index (χ3v) is 4.67. The zero-order valence-electron chi connectivity index (χ0n) is 10.6. The minimum Gasteiger partial charge on any atom is -0.391 e. The van der Waals surface area contributed by atoms with Crippen molar-refractivity contribution >= 4 is 10.0 Å². The standard InChI is InChI=1S/C11H20F3NO3S/c12-11(13,14)7-4-8-19(17,18)15-9-5-2-1-3-6-10(9)16/h9-10,15-16H,1-8H2. The summed E-state index contributed by atoms with van der Waals surface area (Å²) in [4.78, 5) is 0. The second kappa shape index (κ2) is 6.90. The van der Waals surface area contributed by atoms with Gasteiger partial charge in [0, 0.05) is 12.5 Å². The van der Waals surface area contributed by atoms with E-state index >= 15 is 0 Å². The Labute approximate surface area is 111 Å². The lowest BCUT2D eigenvalue weighted by Gasteiger charge is -2.21. The largest absolute Gasteiger partial charge is 0.391 e. The molecule has 1 aliphatic carbocycles. The Morgan fingerprint density at radius 2 is 1.79 bits per heavy atom. The Morgan fingerprint density at radius 1 is 1.16 bits per heavy atom. The number of alkyl halides is 3. The molecule has 0 aliphatic heterocycles. The molecule has 0 heterocycles. The third-order valence-electron chi connectivity index (χ3n) is 3.18. The zero-order chi connectivity index (χ0) is 14.5. The molecule has 4 nitrogen and oxygen atoms in total. The SMILES string of the molecule is O=S(=O)(CCCC(F)(F)F)NC1CCCCCC1O. The molecule has 19 heavy (non-hydrogen) atoms. The molecule has 0 bridgehead atoms. The van der Waals surface area contributed by atoms with E-state index in [1.807, 2.05) is 0 Å². The predicted molar refractivity (Wildman–Crippen MR) is 65.1 cm³/mol. The average Bonchev–Trinajstić information content (AvgIpc) is 2.41. The summed E-state index contributed by atoms with van der Waals surface area (Å²) in [5.74, 6) is -0.560. The van der Waals surface area contributed by atoms with Gasteiger partial charge in [0.1, 0.15) is 0 Å². The molecule has 1 saturated carbocycles. The van der Waals surface area contributed by atoms with Gasteiger partial charge in [-0.1, -0.05) is 19.3 Å². The molecule has 2 atom stereocenters. The maximum absolute atomic E-state index is 11.9. The van der Waals surface area contributed by atoms with Crippen molar-refractivity contribution in [1.29, 1.82) is 0 Å². The van der Waals surface area contributed by atoms with Crippen LogP contribution in [0.3, 0.4) is 0 Å². The normalized spacial score (nSPS) is 26.1.